The van der Waals surface area contributed by atoms with Gasteiger partial charge in [-0.3, -0.25) is 0 Å². The maximum Gasteiger partial charge on any atom is 0.320 e. The molecule has 0 unspecified atom stereocenters. The Morgan fingerprint density at radius 2 is 2.05 bits per heavy atom. The van der Waals surface area contributed by atoms with Crippen LogP contribution in [0.5, 0.6) is 0 Å². The third-order valence-corrected chi connectivity index (χ3v) is 2.71. The summed E-state index contributed by atoms with van der Waals surface area (Å²) in [5, 5.41) is 13.9. The van der Waals surface area contributed by atoms with Crippen LogP contribution in [0.3, 0.4) is 0 Å². The Bertz CT molecular complexity index is 594. The van der Waals surface area contributed by atoms with Crippen LogP contribution in [0.4, 0.5) is 16.1 Å². The maximum atomic E-state index is 13.3. The van der Waals surface area contributed by atoms with Gasteiger partial charge in [-0.1, -0.05) is 16.7 Å². The van der Waals surface area contributed by atoms with Gasteiger partial charge in [0.2, 0.25) is 5.89 Å². The SMILES string of the molecule is CC(C)(C)NCc1nnc(Nc2ccc(Cl)c(F)c2)o1. The van der Waals surface area contributed by atoms with Gasteiger partial charge in [0, 0.05) is 11.2 Å². The van der Waals surface area contributed by atoms with Gasteiger partial charge in [-0.25, -0.2) is 4.39 Å². The van der Waals surface area contributed by atoms with Crippen LogP contribution >= 0.6 is 11.6 Å². The quantitative estimate of drug-likeness (QED) is 0.904. The Morgan fingerprint density at radius 3 is 2.70 bits per heavy atom. The standard InChI is InChI=1S/C13H16ClFN4O/c1-13(2,3)16-7-11-18-19-12(20-11)17-8-4-5-9(14)10(15)6-8/h4-6,16H,7H2,1-3H3,(H,17,19). The van der Waals surface area contributed by atoms with Gasteiger partial charge in [0.05, 0.1) is 11.6 Å². The van der Waals surface area contributed by atoms with E-state index in [1.807, 2.05) is 20.8 Å². The predicted octanol–water partition coefficient (Wildman–Crippen LogP) is 3.49. The Morgan fingerprint density at radius 1 is 1.30 bits per heavy atom. The van der Waals surface area contributed by atoms with Crippen molar-refractivity contribution in [2.75, 3.05) is 5.32 Å². The first-order valence-electron chi connectivity index (χ1n) is 6.13. The minimum Gasteiger partial charge on any atom is -0.406 e. The minimum atomic E-state index is -0.509. The van der Waals surface area contributed by atoms with Gasteiger partial charge < -0.3 is 15.1 Å². The molecular weight excluding hydrogens is 283 g/mol. The number of hydrogen-bond acceptors (Lipinski definition) is 5. The Labute approximate surface area is 121 Å². The Balaban J connectivity index is 2.00. The third-order valence-electron chi connectivity index (χ3n) is 2.41. The fraction of sp³-hybridized carbons (Fsp3) is 0.385. The van der Waals surface area contributed by atoms with Gasteiger partial charge in [0.15, 0.2) is 0 Å². The van der Waals surface area contributed by atoms with Crippen molar-refractivity contribution in [1.29, 1.82) is 0 Å². The summed E-state index contributed by atoms with van der Waals surface area (Å²) in [5.41, 5.74) is 0.451. The molecule has 0 aliphatic heterocycles. The molecule has 0 atom stereocenters. The molecule has 0 aliphatic rings. The van der Waals surface area contributed by atoms with Gasteiger partial charge in [-0.2, -0.15) is 0 Å². The first-order chi connectivity index (χ1) is 9.33. The zero-order valence-electron chi connectivity index (χ0n) is 11.5. The highest BCUT2D eigenvalue weighted by atomic mass is 35.5. The van der Waals surface area contributed by atoms with Crippen LogP contribution < -0.4 is 10.6 Å². The summed E-state index contributed by atoms with van der Waals surface area (Å²) in [7, 11) is 0. The van der Waals surface area contributed by atoms with E-state index in [0.29, 0.717) is 18.1 Å². The van der Waals surface area contributed by atoms with E-state index < -0.39 is 5.82 Å². The molecule has 2 aromatic rings. The second kappa shape index (κ2) is 5.76. The number of aromatic nitrogens is 2. The van der Waals surface area contributed by atoms with Crippen molar-refractivity contribution in [3.05, 3.63) is 34.9 Å². The average Bonchev–Trinajstić information content (AvgIpc) is 2.78. The number of nitrogens with one attached hydrogen (secondary N) is 2. The van der Waals surface area contributed by atoms with Gasteiger partial charge >= 0.3 is 6.01 Å². The minimum absolute atomic E-state index is 0.0403. The topological polar surface area (TPSA) is 63.0 Å². The molecule has 7 heteroatoms. The van der Waals surface area contributed by atoms with Gasteiger partial charge in [0.25, 0.3) is 0 Å². The highest BCUT2D eigenvalue weighted by Gasteiger charge is 2.12. The van der Waals surface area contributed by atoms with Gasteiger partial charge in [-0.05, 0) is 39.0 Å². The zero-order valence-corrected chi connectivity index (χ0v) is 12.3. The van der Waals surface area contributed by atoms with Crippen molar-refractivity contribution in [2.24, 2.45) is 0 Å². The summed E-state index contributed by atoms with van der Waals surface area (Å²) in [6.07, 6.45) is 0. The highest BCUT2D eigenvalue weighted by Crippen LogP contribution is 2.21. The molecule has 5 nitrogen and oxygen atoms in total. The van der Waals surface area contributed by atoms with E-state index in [0.717, 1.165) is 0 Å². The second-order valence-corrected chi connectivity index (χ2v) is 5.77. The molecule has 2 N–H and O–H groups in total. The number of anilines is 2. The number of nitrogens with zero attached hydrogens (tertiary/aromatic N) is 2. The normalized spacial score (nSPS) is 11.7. The monoisotopic (exact) mass is 298 g/mol. The first-order valence-corrected chi connectivity index (χ1v) is 6.51. The van der Waals surface area contributed by atoms with Crippen molar-refractivity contribution in [3.63, 3.8) is 0 Å². The van der Waals surface area contributed by atoms with E-state index in [9.17, 15) is 4.39 Å². The van der Waals surface area contributed by atoms with Crippen molar-refractivity contribution < 1.29 is 8.81 Å². The van der Waals surface area contributed by atoms with Crippen molar-refractivity contribution in [3.8, 4) is 0 Å². The molecule has 20 heavy (non-hydrogen) atoms. The Hall–Kier alpha value is -1.66. The fourth-order valence-corrected chi connectivity index (χ4v) is 1.53. The van der Waals surface area contributed by atoms with Crippen molar-refractivity contribution in [2.45, 2.75) is 32.9 Å². The molecule has 1 aromatic carbocycles. The van der Waals surface area contributed by atoms with E-state index in [-0.39, 0.29) is 16.6 Å². The first kappa shape index (κ1) is 14.7. The van der Waals surface area contributed by atoms with Crippen molar-refractivity contribution >= 4 is 23.3 Å². The molecule has 0 aliphatic carbocycles. The Kier molecular flexibility index (Phi) is 4.25. The van der Waals surface area contributed by atoms with Crippen LogP contribution in [0.25, 0.3) is 0 Å². The number of benzene rings is 1. The lowest BCUT2D eigenvalue weighted by Crippen LogP contribution is -2.35. The molecule has 0 fully saturated rings. The van der Waals surface area contributed by atoms with E-state index in [4.69, 9.17) is 16.0 Å². The van der Waals surface area contributed by atoms with Crippen molar-refractivity contribution in [1.82, 2.24) is 15.5 Å². The molecule has 108 valence electrons. The largest absolute Gasteiger partial charge is 0.406 e. The lowest BCUT2D eigenvalue weighted by Gasteiger charge is -2.18. The van der Waals surface area contributed by atoms with E-state index in [2.05, 4.69) is 20.8 Å². The van der Waals surface area contributed by atoms with E-state index in [1.54, 1.807) is 6.07 Å². The summed E-state index contributed by atoms with van der Waals surface area (Å²) < 4.78 is 18.7. The number of rotatable bonds is 4. The predicted molar refractivity (Wildman–Crippen MR) is 75.6 cm³/mol. The van der Waals surface area contributed by atoms with Crippen LogP contribution in [0.2, 0.25) is 5.02 Å². The number of hydrogen-bond donors (Lipinski definition) is 2. The molecule has 0 amide bonds. The smallest absolute Gasteiger partial charge is 0.320 e. The molecule has 0 spiro atoms. The average molecular weight is 299 g/mol. The van der Waals surface area contributed by atoms with Gasteiger partial charge in [0.1, 0.15) is 5.82 Å². The zero-order chi connectivity index (χ0) is 14.8. The van der Waals surface area contributed by atoms with E-state index in [1.165, 1.54) is 12.1 Å². The summed E-state index contributed by atoms with van der Waals surface area (Å²) in [6, 6.07) is 4.55. The highest BCUT2D eigenvalue weighted by molar-refractivity contribution is 6.30. The molecule has 0 bridgehead atoms. The summed E-state index contributed by atoms with van der Waals surface area (Å²) in [5.74, 6) is -0.0531. The summed E-state index contributed by atoms with van der Waals surface area (Å²) in [6.45, 7) is 6.59. The summed E-state index contributed by atoms with van der Waals surface area (Å²) in [4.78, 5) is 0. The third kappa shape index (κ3) is 4.18. The molecule has 0 radical (unpaired) electrons. The molecule has 2 rings (SSSR count). The van der Waals surface area contributed by atoms with Crippen LogP contribution in [-0.4, -0.2) is 15.7 Å². The van der Waals surface area contributed by atoms with Crippen LogP contribution in [0.15, 0.2) is 22.6 Å². The molecule has 1 aromatic heterocycles. The molecular formula is C13H16ClFN4O. The molecule has 1 heterocycles. The number of halogens is 2. The maximum absolute atomic E-state index is 13.3. The van der Waals surface area contributed by atoms with Crippen LogP contribution in [-0.2, 0) is 6.54 Å². The fourth-order valence-electron chi connectivity index (χ4n) is 1.41. The van der Waals surface area contributed by atoms with Crippen LogP contribution in [0.1, 0.15) is 26.7 Å². The second-order valence-electron chi connectivity index (χ2n) is 5.36. The molecule has 0 saturated carbocycles. The lowest BCUT2D eigenvalue weighted by atomic mass is 10.1. The molecule has 0 saturated heterocycles. The van der Waals surface area contributed by atoms with Crippen LogP contribution in [0, 0.1) is 5.82 Å². The lowest BCUT2D eigenvalue weighted by molar-refractivity contribution is 0.384. The van der Waals surface area contributed by atoms with E-state index >= 15 is 0 Å². The van der Waals surface area contributed by atoms with Gasteiger partial charge in [-0.15, -0.1) is 5.10 Å². The summed E-state index contributed by atoms with van der Waals surface area (Å²) >= 11 is 5.61.